The second kappa shape index (κ2) is 8.68. The number of hydrogen-bond donors (Lipinski definition) is 0. The van der Waals surface area contributed by atoms with Crippen LogP contribution in [0.2, 0.25) is 0 Å². The Morgan fingerprint density at radius 2 is 1.37 bits per heavy atom. The first-order valence-corrected chi connectivity index (χ1v) is 9.48. The molecule has 0 bridgehead atoms. The average Bonchev–Trinajstić information content (AvgIpc) is 2.68. The molecule has 0 aliphatic carbocycles. The number of benzene rings is 3. The summed E-state index contributed by atoms with van der Waals surface area (Å²) in [5, 5.41) is 0. The number of aryl methyl sites for hydroxylation is 2. The van der Waals surface area contributed by atoms with E-state index in [-0.39, 0.29) is 5.97 Å². The molecule has 0 aromatic heterocycles. The van der Waals surface area contributed by atoms with Crippen LogP contribution in [0.3, 0.4) is 0 Å². The molecule has 3 aromatic carbocycles. The first-order chi connectivity index (χ1) is 13.0. The summed E-state index contributed by atoms with van der Waals surface area (Å²) in [5.74, 6) is 0.906. The molecule has 3 aromatic rings. The number of hydrogen-bond acceptors (Lipinski definition) is 2. The lowest BCUT2D eigenvalue weighted by Crippen LogP contribution is -2.09. The highest BCUT2D eigenvalue weighted by atomic mass is 16.5. The van der Waals surface area contributed by atoms with Gasteiger partial charge in [0.25, 0.3) is 0 Å². The van der Waals surface area contributed by atoms with Gasteiger partial charge in [-0.1, -0.05) is 80.1 Å². The fourth-order valence-electron chi connectivity index (χ4n) is 2.96. The van der Waals surface area contributed by atoms with E-state index in [9.17, 15) is 4.79 Å². The molecule has 0 saturated heterocycles. The van der Waals surface area contributed by atoms with Crippen LogP contribution in [-0.2, 0) is 11.2 Å². The van der Waals surface area contributed by atoms with Gasteiger partial charge in [-0.15, -0.1) is 0 Å². The molecule has 0 amide bonds. The lowest BCUT2D eigenvalue weighted by Gasteiger charge is -2.08. The third-order valence-electron chi connectivity index (χ3n) is 4.74. The molecule has 0 atom stereocenters. The van der Waals surface area contributed by atoms with E-state index in [1.165, 1.54) is 11.1 Å². The van der Waals surface area contributed by atoms with Crippen LogP contribution < -0.4 is 4.74 Å². The minimum Gasteiger partial charge on any atom is -0.427 e. The van der Waals surface area contributed by atoms with E-state index in [4.69, 9.17) is 4.74 Å². The molecule has 0 N–H and O–H groups in total. The summed E-state index contributed by atoms with van der Waals surface area (Å²) in [4.78, 5) is 12.1. The van der Waals surface area contributed by atoms with Crippen molar-refractivity contribution >= 4 is 5.97 Å². The van der Waals surface area contributed by atoms with Gasteiger partial charge in [-0.3, -0.25) is 4.79 Å². The zero-order chi connectivity index (χ0) is 19.2. The Balaban J connectivity index is 1.54. The highest BCUT2D eigenvalue weighted by Gasteiger charge is 2.07. The van der Waals surface area contributed by atoms with Crippen molar-refractivity contribution in [3.63, 3.8) is 0 Å². The van der Waals surface area contributed by atoms with E-state index >= 15 is 0 Å². The molecule has 2 heteroatoms. The van der Waals surface area contributed by atoms with Gasteiger partial charge in [0.15, 0.2) is 0 Å². The second-order valence-corrected chi connectivity index (χ2v) is 7.26. The van der Waals surface area contributed by atoms with Gasteiger partial charge < -0.3 is 4.74 Å². The van der Waals surface area contributed by atoms with E-state index in [1.54, 1.807) is 0 Å². The van der Waals surface area contributed by atoms with Crippen LogP contribution in [0.15, 0.2) is 72.8 Å². The Morgan fingerprint density at radius 1 is 0.815 bits per heavy atom. The summed E-state index contributed by atoms with van der Waals surface area (Å²) < 4.78 is 5.47. The van der Waals surface area contributed by atoms with Crippen molar-refractivity contribution < 1.29 is 9.53 Å². The van der Waals surface area contributed by atoms with Crippen molar-refractivity contribution in [2.45, 2.75) is 39.5 Å². The van der Waals surface area contributed by atoms with Gasteiger partial charge in [0.2, 0.25) is 0 Å². The topological polar surface area (TPSA) is 26.3 Å². The minimum absolute atomic E-state index is 0.203. The van der Waals surface area contributed by atoms with Crippen molar-refractivity contribution in [3.05, 3.63) is 89.5 Å². The second-order valence-electron chi connectivity index (χ2n) is 7.26. The van der Waals surface area contributed by atoms with Crippen LogP contribution in [0.4, 0.5) is 0 Å². The Bertz CT molecular complexity index is 873. The van der Waals surface area contributed by atoms with E-state index in [0.29, 0.717) is 24.5 Å². The first-order valence-electron chi connectivity index (χ1n) is 9.48. The molecule has 0 fully saturated rings. The van der Waals surface area contributed by atoms with Gasteiger partial charge in [0.1, 0.15) is 5.75 Å². The monoisotopic (exact) mass is 358 g/mol. The third kappa shape index (κ3) is 5.30. The quantitative estimate of drug-likeness (QED) is 0.380. The smallest absolute Gasteiger partial charge is 0.311 e. The van der Waals surface area contributed by atoms with Gasteiger partial charge in [0.05, 0.1) is 0 Å². The number of rotatable bonds is 6. The Kier molecular flexibility index (Phi) is 6.08. The van der Waals surface area contributed by atoms with Crippen molar-refractivity contribution in [1.82, 2.24) is 0 Å². The molecule has 3 rings (SSSR count). The van der Waals surface area contributed by atoms with Crippen molar-refractivity contribution in [2.24, 2.45) is 0 Å². The van der Waals surface area contributed by atoms with Crippen LogP contribution >= 0.6 is 0 Å². The zero-order valence-electron chi connectivity index (χ0n) is 16.2. The van der Waals surface area contributed by atoms with Gasteiger partial charge in [0, 0.05) is 6.42 Å². The van der Waals surface area contributed by atoms with Gasteiger partial charge in [-0.05, 0) is 53.6 Å². The van der Waals surface area contributed by atoms with Crippen molar-refractivity contribution in [1.29, 1.82) is 0 Å². The zero-order valence-corrected chi connectivity index (χ0v) is 16.2. The Labute approximate surface area is 161 Å². The summed E-state index contributed by atoms with van der Waals surface area (Å²) in [5.41, 5.74) is 5.98. The molecule has 138 valence electrons. The number of carbonyl (C=O) groups excluding carboxylic acids is 1. The molecule has 0 heterocycles. The molecule has 27 heavy (non-hydrogen) atoms. The normalized spacial score (nSPS) is 10.8. The van der Waals surface area contributed by atoms with E-state index in [2.05, 4.69) is 69.3 Å². The van der Waals surface area contributed by atoms with Crippen LogP contribution in [0.5, 0.6) is 5.75 Å². The SMILES string of the molecule is Cc1ccc(-c2ccc(OC(=O)CCc3ccc(C(C)C)cc3)cc2)cc1. The lowest BCUT2D eigenvalue weighted by atomic mass is 10.0. The summed E-state index contributed by atoms with van der Waals surface area (Å²) in [7, 11) is 0. The average molecular weight is 358 g/mol. The van der Waals surface area contributed by atoms with Gasteiger partial charge >= 0.3 is 5.97 Å². The summed E-state index contributed by atoms with van der Waals surface area (Å²) in [6.07, 6.45) is 1.07. The van der Waals surface area contributed by atoms with Crippen LogP contribution in [0.25, 0.3) is 11.1 Å². The lowest BCUT2D eigenvalue weighted by molar-refractivity contribution is -0.134. The number of esters is 1. The van der Waals surface area contributed by atoms with Crippen LogP contribution in [0.1, 0.15) is 42.9 Å². The molecular weight excluding hydrogens is 332 g/mol. The maximum absolute atomic E-state index is 12.1. The Hall–Kier alpha value is -2.87. The van der Waals surface area contributed by atoms with Crippen molar-refractivity contribution in [3.8, 4) is 16.9 Å². The maximum Gasteiger partial charge on any atom is 0.311 e. The highest BCUT2D eigenvalue weighted by Crippen LogP contribution is 2.23. The highest BCUT2D eigenvalue weighted by molar-refractivity contribution is 5.73. The number of carbonyl (C=O) groups is 1. The largest absolute Gasteiger partial charge is 0.427 e. The molecule has 2 nitrogen and oxygen atoms in total. The summed E-state index contributed by atoms with van der Waals surface area (Å²) >= 11 is 0. The standard InChI is InChI=1S/C25H26O2/c1-18(2)21-11-6-20(7-12-21)8-17-25(26)27-24-15-13-23(14-16-24)22-9-4-19(3)5-10-22/h4-7,9-16,18H,8,17H2,1-3H3. The summed E-state index contributed by atoms with van der Waals surface area (Å²) in [6.45, 7) is 6.43. The summed E-state index contributed by atoms with van der Waals surface area (Å²) in [6, 6.07) is 24.5. The first kappa shape index (κ1) is 18.9. The molecule has 0 aliphatic heterocycles. The fourth-order valence-corrected chi connectivity index (χ4v) is 2.96. The molecule has 0 saturated carbocycles. The fraction of sp³-hybridized carbons (Fsp3) is 0.240. The predicted molar refractivity (Wildman–Crippen MR) is 111 cm³/mol. The Morgan fingerprint density at radius 3 is 1.93 bits per heavy atom. The van der Waals surface area contributed by atoms with Crippen LogP contribution in [-0.4, -0.2) is 5.97 Å². The molecule has 0 spiro atoms. The van der Waals surface area contributed by atoms with E-state index in [0.717, 1.165) is 16.7 Å². The van der Waals surface area contributed by atoms with E-state index in [1.807, 2.05) is 24.3 Å². The van der Waals surface area contributed by atoms with Crippen molar-refractivity contribution in [2.75, 3.05) is 0 Å². The third-order valence-corrected chi connectivity index (χ3v) is 4.74. The minimum atomic E-state index is -0.203. The molecular formula is C25H26O2. The molecule has 0 unspecified atom stereocenters. The van der Waals surface area contributed by atoms with Crippen LogP contribution in [0, 0.1) is 6.92 Å². The maximum atomic E-state index is 12.1. The molecule has 0 aliphatic rings. The molecule has 0 radical (unpaired) electrons. The number of ether oxygens (including phenoxy) is 1. The van der Waals surface area contributed by atoms with Gasteiger partial charge in [-0.25, -0.2) is 0 Å². The predicted octanol–water partition coefficient (Wildman–Crippen LogP) is 6.32. The van der Waals surface area contributed by atoms with Gasteiger partial charge in [-0.2, -0.15) is 0 Å². The van der Waals surface area contributed by atoms with E-state index < -0.39 is 0 Å².